The van der Waals surface area contributed by atoms with Crippen molar-refractivity contribution in [1.82, 2.24) is 0 Å². The number of rotatable bonds is 6. The van der Waals surface area contributed by atoms with E-state index in [9.17, 15) is 14.7 Å². The van der Waals surface area contributed by atoms with Crippen molar-refractivity contribution in [3.8, 4) is 11.5 Å². The summed E-state index contributed by atoms with van der Waals surface area (Å²) in [4.78, 5) is 27.4. The second-order valence-electron chi connectivity index (χ2n) is 6.34. The number of hydrogen-bond acceptors (Lipinski definition) is 5. The molecule has 1 aliphatic rings. The Balaban J connectivity index is 2.14. The first-order chi connectivity index (χ1) is 14.0. The minimum atomic E-state index is -0.580. The van der Waals surface area contributed by atoms with Crippen LogP contribution in [0.25, 0.3) is 6.08 Å². The lowest BCUT2D eigenvalue weighted by molar-refractivity contribution is -0.138. The first kappa shape index (κ1) is 20.2. The number of carbonyl (C=O) groups is 2. The van der Waals surface area contributed by atoms with Gasteiger partial charge in [0.2, 0.25) is 0 Å². The Morgan fingerprint density at radius 2 is 1.79 bits per heavy atom. The molecule has 0 aromatic heterocycles. The number of anilines is 1. The van der Waals surface area contributed by atoms with E-state index in [1.807, 2.05) is 25.1 Å². The van der Waals surface area contributed by atoms with Crippen LogP contribution in [0.2, 0.25) is 0 Å². The first-order valence-corrected chi connectivity index (χ1v) is 9.43. The zero-order chi connectivity index (χ0) is 21.0. The molecule has 0 saturated carbocycles. The van der Waals surface area contributed by atoms with E-state index in [4.69, 9.17) is 9.47 Å². The van der Waals surface area contributed by atoms with E-state index in [2.05, 4.69) is 0 Å². The second kappa shape index (κ2) is 8.65. The van der Waals surface area contributed by atoms with E-state index >= 15 is 0 Å². The summed E-state index contributed by atoms with van der Waals surface area (Å²) in [6.07, 6.45) is 1.50. The van der Waals surface area contributed by atoms with Crippen molar-refractivity contribution in [1.29, 1.82) is 0 Å². The maximum atomic E-state index is 13.3. The SMILES string of the molecule is CCOC(=O)C1=C(C)N(c2ccccc2)C(=O)/C1=C\c1cccc(OCC)c1O. The van der Waals surface area contributed by atoms with E-state index in [0.29, 0.717) is 29.3 Å². The van der Waals surface area contributed by atoms with Gasteiger partial charge in [0.15, 0.2) is 11.5 Å². The normalized spacial score (nSPS) is 15.2. The van der Waals surface area contributed by atoms with Crippen LogP contribution in [0.5, 0.6) is 11.5 Å². The standard InChI is InChI=1S/C23H23NO5/c1-4-28-19-13-9-10-16(21(19)25)14-18-20(23(27)29-5-2)15(3)24(22(18)26)17-11-7-6-8-12-17/h6-14,25H,4-5H2,1-3H3/b18-14-. The smallest absolute Gasteiger partial charge is 0.340 e. The zero-order valence-corrected chi connectivity index (χ0v) is 16.6. The van der Waals surface area contributed by atoms with Crippen LogP contribution in [0, 0.1) is 0 Å². The lowest BCUT2D eigenvalue weighted by atomic mass is 10.0. The van der Waals surface area contributed by atoms with Crippen molar-refractivity contribution in [2.75, 3.05) is 18.1 Å². The maximum Gasteiger partial charge on any atom is 0.340 e. The highest BCUT2D eigenvalue weighted by Gasteiger charge is 2.38. The van der Waals surface area contributed by atoms with Gasteiger partial charge in [-0.1, -0.05) is 30.3 Å². The highest BCUT2D eigenvalue weighted by molar-refractivity contribution is 6.24. The van der Waals surface area contributed by atoms with Gasteiger partial charge in [0, 0.05) is 16.9 Å². The Morgan fingerprint density at radius 3 is 2.45 bits per heavy atom. The Labute approximate surface area is 169 Å². The number of ether oxygens (including phenoxy) is 2. The van der Waals surface area contributed by atoms with Gasteiger partial charge in [-0.25, -0.2) is 4.79 Å². The fourth-order valence-electron chi connectivity index (χ4n) is 3.25. The molecule has 0 saturated heterocycles. The van der Waals surface area contributed by atoms with Crippen LogP contribution < -0.4 is 9.64 Å². The third kappa shape index (κ3) is 3.87. The predicted molar refractivity (Wildman–Crippen MR) is 111 cm³/mol. The summed E-state index contributed by atoms with van der Waals surface area (Å²) >= 11 is 0. The third-order valence-corrected chi connectivity index (χ3v) is 4.52. The molecule has 1 amide bonds. The molecule has 0 bridgehead atoms. The van der Waals surface area contributed by atoms with Gasteiger partial charge in [-0.3, -0.25) is 9.69 Å². The van der Waals surface area contributed by atoms with E-state index < -0.39 is 5.97 Å². The highest BCUT2D eigenvalue weighted by Crippen LogP contribution is 2.38. The summed E-state index contributed by atoms with van der Waals surface area (Å²) in [5.41, 5.74) is 1.85. The summed E-state index contributed by atoms with van der Waals surface area (Å²) in [6, 6.07) is 14.1. The van der Waals surface area contributed by atoms with Gasteiger partial charge in [0.05, 0.1) is 24.4 Å². The number of benzene rings is 2. The number of nitrogens with zero attached hydrogens (tertiary/aromatic N) is 1. The molecule has 2 aromatic rings. The van der Waals surface area contributed by atoms with Crippen LogP contribution in [0.4, 0.5) is 5.69 Å². The van der Waals surface area contributed by atoms with Crippen molar-refractivity contribution < 1.29 is 24.2 Å². The number of para-hydroxylation sites is 2. The minimum Gasteiger partial charge on any atom is -0.504 e. The molecule has 29 heavy (non-hydrogen) atoms. The summed E-state index contributed by atoms with van der Waals surface area (Å²) in [5, 5.41) is 10.5. The molecule has 150 valence electrons. The summed E-state index contributed by atoms with van der Waals surface area (Å²) in [5.74, 6) is -0.722. The van der Waals surface area contributed by atoms with Gasteiger partial charge in [0.25, 0.3) is 5.91 Å². The molecule has 1 N–H and O–H groups in total. The first-order valence-electron chi connectivity index (χ1n) is 9.43. The van der Waals surface area contributed by atoms with E-state index in [0.717, 1.165) is 0 Å². The van der Waals surface area contributed by atoms with Crippen LogP contribution in [0.3, 0.4) is 0 Å². The molecule has 0 aliphatic carbocycles. The van der Waals surface area contributed by atoms with Crippen molar-refractivity contribution in [3.05, 3.63) is 70.9 Å². The van der Waals surface area contributed by atoms with E-state index in [-0.39, 0.29) is 29.4 Å². The van der Waals surface area contributed by atoms with Gasteiger partial charge in [-0.2, -0.15) is 0 Å². The van der Waals surface area contributed by atoms with Gasteiger partial charge in [-0.15, -0.1) is 0 Å². The molecule has 0 radical (unpaired) electrons. The number of aromatic hydroxyl groups is 1. The average molecular weight is 393 g/mol. The zero-order valence-electron chi connectivity index (χ0n) is 16.6. The highest BCUT2D eigenvalue weighted by atomic mass is 16.5. The number of phenols is 1. The fraction of sp³-hybridized carbons (Fsp3) is 0.217. The molecule has 0 unspecified atom stereocenters. The molecule has 3 rings (SSSR count). The van der Waals surface area contributed by atoms with Crippen LogP contribution in [-0.4, -0.2) is 30.2 Å². The second-order valence-corrected chi connectivity index (χ2v) is 6.34. The predicted octanol–water partition coefficient (Wildman–Crippen LogP) is 4.06. The quantitative estimate of drug-likeness (QED) is 0.592. The van der Waals surface area contributed by atoms with Gasteiger partial charge in [0.1, 0.15) is 0 Å². The lowest BCUT2D eigenvalue weighted by Crippen LogP contribution is -2.24. The van der Waals surface area contributed by atoms with Gasteiger partial charge in [-0.05, 0) is 45.0 Å². The minimum absolute atomic E-state index is 0.0892. The Kier molecular flexibility index (Phi) is 6.02. The molecule has 0 fully saturated rings. The number of amides is 1. The van der Waals surface area contributed by atoms with Gasteiger partial charge >= 0.3 is 5.97 Å². The van der Waals surface area contributed by atoms with E-state index in [1.165, 1.54) is 11.0 Å². The number of allylic oxidation sites excluding steroid dienone is 1. The van der Waals surface area contributed by atoms with Crippen molar-refractivity contribution in [2.45, 2.75) is 20.8 Å². The molecule has 1 heterocycles. The number of esters is 1. The fourth-order valence-corrected chi connectivity index (χ4v) is 3.25. The van der Waals surface area contributed by atoms with Crippen LogP contribution in [-0.2, 0) is 14.3 Å². The Hall–Kier alpha value is -3.54. The van der Waals surface area contributed by atoms with Crippen LogP contribution in [0.15, 0.2) is 65.4 Å². The molecule has 2 aromatic carbocycles. The Morgan fingerprint density at radius 1 is 1.07 bits per heavy atom. The summed E-state index contributed by atoms with van der Waals surface area (Å²) in [6.45, 7) is 5.80. The maximum absolute atomic E-state index is 13.3. The topological polar surface area (TPSA) is 76.1 Å². The number of phenolic OH excluding ortho intramolecular Hbond substituents is 1. The Bertz CT molecular complexity index is 992. The number of carbonyl (C=O) groups excluding carboxylic acids is 2. The molecule has 0 spiro atoms. The van der Waals surface area contributed by atoms with Crippen LogP contribution >= 0.6 is 0 Å². The summed E-state index contributed by atoms with van der Waals surface area (Å²) in [7, 11) is 0. The average Bonchev–Trinajstić information content (AvgIpc) is 2.95. The van der Waals surface area contributed by atoms with Crippen LogP contribution in [0.1, 0.15) is 26.3 Å². The largest absolute Gasteiger partial charge is 0.504 e. The lowest BCUT2D eigenvalue weighted by Gasteiger charge is -2.17. The molecule has 0 atom stereocenters. The van der Waals surface area contributed by atoms with E-state index in [1.54, 1.807) is 44.2 Å². The molecule has 1 aliphatic heterocycles. The molecular weight excluding hydrogens is 370 g/mol. The monoisotopic (exact) mass is 393 g/mol. The third-order valence-electron chi connectivity index (χ3n) is 4.52. The summed E-state index contributed by atoms with van der Waals surface area (Å²) < 4.78 is 10.6. The number of hydrogen-bond donors (Lipinski definition) is 1. The molecule has 6 nitrogen and oxygen atoms in total. The molecular formula is C23H23NO5. The van der Waals surface area contributed by atoms with Gasteiger partial charge < -0.3 is 14.6 Å². The molecule has 6 heteroatoms. The van der Waals surface area contributed by atoms with Crippen molar-refractivity contribution >= 4 is 23.6 Å². The van der Waals surface area contributed by atoms with Crippen molar-refractivity contribution in [2.24, 2.45) is 0 Å². The van der Waals surface area contributed by atoms with Crippen molar-refractivity contribution in [3.63, 3.8) is 0 Å².